The van der Waals surface area contributed by atoms with Crippen molar-refractivity contribution in [2.45, 2.75) is 44.6 Å². The quantitative estimate of drug-likeness (QED) is 0.901. The van der Waals surface area contributed by atoms with Crippen molar-refractivity contribution in [3.63, 3.8) is 0 Å². The van der Waals surface area contributed by atoms with Gasteiger partial charge in [-0.25, -0.2) is 13.4 Å². The van der Waals surface area contributed by atoms with Gasteiger partial charge in [-0.1, -0.05) is 25.4 Å². The topological polar surface area (TPSA) is 62.3 Å². The lowest BCUT2D eigenvalue weighted by molar-refractivity contribution is 0.405. The molecule has 1 aliphatic heterocycles. The summed E-state index contributed by atoms with van der Waals surface area (Å²) in [6, 6.07) is 1.50. The van der Waals surface area contributed by atoms with E-state index >= 15 is 0 Å². The molecule has 1 aromatic heterocycles. The number of anilines is 1. The fourth-order valence-electron chi connectivity index (χ4n) is 2.67. The van der Waals surface area contributed by atoms with Crippen LogP contribution in [-0.4, -0.2) is 36.8 Å². The average molecular weight is 332 g/mol. The summed E-state index contributed by atoms with van der Waals surface area (Å²) >= 11 is 6.13. The van der Waals surface area contributed by atoms with Crippen molar-refractivity contribution in [3.8, 4) is 0 Å². The Labute approximate surface area is 131 Å². The molecule has 1 fully saturated rings. The second-order valence-electron chi connectivity index (χ2n) is 5.69. The Balaban J connectivity index is 2.27. The van der Waals surface area contributed by atoms with E-state index in [4.69, 9.17) is 11.6 Å². The van der Waals surface area contributed by atoms with Crippen LogP contribution in [0.2, 0.25) is 5.02 Å². The molecule has 1 N–H and O–H groups in total. The molecule has 0 aliphatic carbocycles. The molecule has 2 atom stereocenters. The molecule has 0 saturated carbocycles. The maximum absolute atomic E-state index is 12.7. The van der Waals surface area contributed by atoms with E-state index in [-0.39, 0.29) is 10.9 Å². The number of nitrogens with one attached hydrogen (secondary N) is 1. The molecule has 1 saturated heterocycles. The lowest BCUT2D eigenvalue weighted by Crippen LogP contribution is -2.34. The van der Waals surface area contributed by atoms with Crippen LogP contribution < -0.4 is 5.32 Å². The smallest absolute Gasteiger partial charge is 0.244 e. The molecule has 0 aromatic carbocycles. The lowest BCUT2D eigenvalue weighted by atomic mass is 10.1. The van der Waals surface area contributed by atoms with E-state index in [9.17, 15) is 8.42 Å². The van der Waals surface area contributed by atoms with Gasteiger partial charge in [0.15, 0.2) is 0 Å². The molecular weight excluding hydrogens is 310 g/mol. The predicted molar refractivity (Wildman–Crippen MR) is 85.2 cm³/mol. The number of sulfonamides is 1. The van der Waals surface area contributed by atoms with Gasteiger partial charge in [0.25, 0.3) is 0 Å². The first-order valence-corrected chi connectivity index (χ1v) is 9.09. The number of rotatable bonds is 5. The number of hydrogen-bond donors (Lipinski definition) is 1. The number of hydrogen-bond acceptors (Lipinski definition) is 4. The van der Waals surface area contributed by atoms with E-state index in [1.54, 1.807) is 4.31 Å². The fraction of sp³-hybridized carbons (Fsp3) is 0.643. The molecular formula is C14H22ClN3O2S. The van der Waals surface area contributed by atoms with Crippen LogP contribution in [-0.2, 0) is 10.0 Å². The highest BCUT2D eigenvalue weighted by atomic mass is 35.5. The van der Waals surface area contributed by atoms with Gasteiger partial charge < -0.3 is 5.32 Å². The van der Waals surface area contributed by atoms with Crippen molar-refractivity contribution in [3.05, 3.63) is 17.3 Å². The Bertz CT molecular complexity index is 606. The van der Waals surface area contributed by atoms with Gasteiger partial charge in [-0.3, -0.25) is 0 Å². The van der Waals surface area contributed by atoms with Crippen molar-refractivity contribution in [2.75, 3.05) is 18.4 Å². The van der Waals surface area contributed by atoms with Crippen LogP contribution in [0.15, 0.2) is 17.2 Å². The van der Waals surface area contributed by atoms with Gasteiger partial charge in [-0.2, -0.15) is 4.31 Å². The van der Waals surface area contributed by atoms with Crippen LogP contribution in [0.25, 0.3) is 0 Å². The Morgan fingerprint density at radius 2 is 2.19 bits per heavy atom. The molecule has 0 bridgehead atoms. The minimum Gasteiger partial charge on any atom is -0.369 e. The monoisotopic (exact) mass is 331 g/mol. The van der Waals surface area contributed by atoms with Gasteiger partial charge in [0.2, 0.25) is 10.0 Å². The molecule has 7 heteroatoms. The van der Waals surface area contributed by atoms with Gasteiger partial charge in [0, 0.05) is 25.3 Å². The number of pyridine rings is 1. The van der Waals surface area contributed by atoms with E-state index in [2.05, 4.69) is 17.2 Å². The molecule has 2 rings (SSSR count). The first-order valence-electron chi connectivity index (χ1n) is 7.27. The van der Waals surface area contributed by atoms with Gasteiger partial charge in [0.1, 0.15) is 10.7 Å². The van der Waals surface area contributed by atoms with E-state index in [1.165, 1.54) is 12.3 Å². The summed E-state index contributed by atoms with van der Waals surface area (Å²) in [5.41, 5.74) is 0. The maximum atomic E-state index is 12.7. The highest BCUT2D eigenvalue weighted by molar-refractivity contribution is 7.89. The number of aromatic nitrogens is 1. The van der Waals surface area contributed by atoms with Crippen LogP contribution in [0.4, 0.5) is 5.82 Å². The van der Waals surface area contributed by atoms with Crippen LogP contribution in [0.1, 0.15) is 33.6 Å². The van der Waals surface area contributed by atoms with Crippen LogP contribution in [0.3, 0.4) is 0 Å². The van der Waals surface area contributed by atoms with Crippen molar-refractivity contribution < 1.29 is 8.42 Å². The fourth-order valence-corrected chi connectivity index (χ4v) is 4.70. The number of halogens is 1. The Morgan fingerprint density at radius 1 is 1.48 bits per heavy atom. The maximum Gasteiger partial charge on any atom is 0.244 e. The summed E-state index contributed by atoms with van der Waals surface area (Å²) in [4.78, 5) is 4.31. The molecule has 2 unspecified atom stereocenters. The molecule has 2 heterocycles. The third kappa shape index (κ3) is 3.49. The van der Waals surface area contributed by atoms with Gasteiger partial charge in [-0.15, -0.1) is 0 Å². The van der Waals surface area contributed by atoms with E-state index in [0.29, 0.717) is 23.3 Å². The summed E-state index contributed by atoms with van der Waals surface area (Å²) in [7, 11) is -3.52. The molecule has 1 aliphatic rings. The predicted octanol–water partition coefficient (Wildman–Crippen LogP) is 2.98. The van der Waals surface area contributed by atoms with Gasteiger partial charge >= 0.3 is 0 Å². The normalized spacial score (nSPS) is 23.4. The Morgan fingerprint density at radius 3 is 2.71 bits per heavy atom. The molecule has 1 aromatic rings. The third-order valence-electron chi connectivity index (χ3n) is 3.69. The van der Waals surface area contributed by atoms with Crippen LogP contribution >= 0.6 is 11.6 Å². The first kappa shape index (κ1) is 16.5. The molecule has 21 heavy (non-hydrogen) atoms. The van der Waals surface area contributed by atoms with E-state index in [1.807, 2.05) is 13.8 Å². The highest BCUT2D eigenvalue weighted by Gasteiger charge is 2.36. The zero-order valence-corrected chi connectivity index (χ0v) is 14.2. The first-order chi connectivity index (χ1) is 9.86. The van der Waals surface area contributed by atoms with Crippen molar-refractivity contribution in [2.24, 2.45) is 5.92 Å². The summed E-state index contributed by atoms with van der Waals surface area (Å²) in [6.07, 6.45) is 3.21. The number of nitrogens with zero attached hydrogens (tertiary/aromatic N) is 2. The molecule has 5 nitrogen and oxygen atoms in total. The second kappa shape index (κ2) is 6.50. The third-order valence-corrected chi connectivity index (χ3v) is 5.93. The molecule has 0 radical (unpaired) electrons. The zero-order chi connectivity index (χ0) is 15.6. The minimum absolute atomic E-state index is 0.0154. The minimum atomic E-state index is -3.52. The standard InChI is InChI=1S/C14H22ClN3O2S/c1-4-5-16-14-13(15)7-12(8-17-14)21(19,20)18-9-10(2)6-11(18)3/h7-8,10-11H,4-6,9H2,1-3H3,(H,16,17). The largest absolute Gasteiger partial charge is 0.369 e. The summed E-state index contributed by atoms with van der Waals surface area (Å²) < 4.78 is 26.9. The highest BCUT2D eigenvalue weighted by Crippen LogP contribution is 2.31. The average Bonchev–Trinajstić information content (AvgIpc) is 2.77. The van der Waals surface area contributed by atoms with Crippen molar-refractivity contribution in [1.29, 1.82) is 0 Å². The van der Waals surface area contributed by atoms with Crippen molar-refractivity contribution in [1.82, 2.24) is 9.29 Å². The summed E-state index contributed by atoms with van der Waals surface area (Å²) in [5.74, 6) is 0.906. The lowest BCUT2D eigenvalue weighted by Gasteiger charge is -2.21. The molecule has 0 amide bonds. The SMILES string of the molecule is CCCNc1ncc(S(=O)(=O)N2CC(C)CC2C)cc1Cl. The van der Waals surface area contributed by atoms with Gasteiger partial charge in [0.05, 0.1) is 5.02 Å². The summed E-state index contributed by atoms with van der Waals surface area (Å²) in [6.45, 7) is 7.34. The molecule has 0 spiro atoms. The van der Waals surface area contributed by atoms with Gasteiger partial charge in [-0.05, 0) is 31.7 Å². The second-order valence-corrected chi connectivity index (χ2v) is 7.99. The van der Waals surface area contributed by atoms with E-state index in [0.717, 1.165) is 19.4 Å². The van der Waals surface area contributed by atoms with E-state index < -0.39 is 10.0 Å². The zero-order valence-electron chi connectivity index (χ0n) is 12.6. The molecule has 118 valence electrons. The summed E-state index contributed by atoms with van der Waals surface area (Å²) in [5, 5.41) is 3.41. The Hall–Kier alpha value is -0.850. The van der Waals surface area contributed by atoms with Crippen molar-refractivity contribution >= 4 is 27.4 Å². The van der Waals surface area contributed by atoms with Crippen LogP contribution in [0.5, 0.6) is 0 Å². The van der Waals surface area contributed by atoms with Crippen LogP contribution in [0, 0.1) is 5.92 Å². The Kier molecular flexibility index (Phi) is 5.11.